The number of rotatable bonds is 3. The molecule has 0 aliphatic carbocycles. The first kappa shape index (κ1) is 15.0. The highest BCUT2D eigenvalue weighted by molar-refractivity contribution is 8.26. The fourth-order valence-corrected chi connectivity index (χ4v) is 3.17. The number of carboxylic acids is 1. The highest BCUT2D eigenvalue weighted by Gasteiger charge is 2.35. The largest absolute Gasteiger partial charge is 0.548 e. The van der Waals surface area contributed by atoms with Crippen molar-refractivity contribution in [1.29, 1.82) is 0 Å². The Hall–Kier alpha value is -1.37. The minimum atomic E-state index is -1.34. The number of aliphatic carboxylic acids is 1. The van der Waals surface area contributed by atoms with Crippen LogP contribution in [0.2, 0.25) is 5.02 Å². The molecule has 2 rings (SSSR count). The van der Waals surface area contributed by atoms with Crippen molar-refractivity contribution >= 4 is 57.9 Å². The van der Waals surface area contributed by atoms with Gasteiger partial charge in [0.25, 0.3) is 5.91 Å². The molecule has 1 fully saturated rings. The summed E-state index contributed by atoms with van der Waals surface area (Å²) >= 11 is 11.9. The fourth-order valence-electron chi connectivity index (χ4n) is 1.63. The number of carboxylic acid groups (broad SMARTS) is 1. The molecular weight excluding hydrogens is 318 g/mol. The lowest BCUT2D eigenvalue weighted by molar-refractivity contribution is -0.309. The third kappa shape index (κ3) is 3.03. The van der Waals surface area contributed by atoms with E-state index in [-0.39, 0.29) is 4.32 Å². The van der Waals surface area contributed by atoms with Crippen LogP contribution in [0.4, 0.5) is 0 Å². The van der Waals surface area contributed by atoms with Crippen LogP contribution in [0.5, 0.6) is 0 Å². The van der Waals surface area contributed by atoms with Crippen LogP contribution >= 0.6 is 35.6 Å². The molecule has 0 bridgehead atoms. The monoisotopic (exact) mass is 326 g/mol. The number of carbonyl (C=O) groups excluding carboxylic acids is 2. The molecule has 104 valence electrons. The maximum atomic E-state index is 12.2. The fraction of sp³-hybridized carbons (Fsp3) is 0.154. The van der Waals surface area contributed by atoms with E-state index in [4.69, 9.17) is 23.8 Å². The number of hydrogen-bond donors (Lipinski definition) is 0. The molecule has 0 N–H and O–H groups in total. The van der Waals surface area contributed by atoms with Crippen molar-refractivity contribution in [2.75, 3.05) is 0 Å². The molecule has 20 heavy (non-hydrogen) atoms. The summed E-state index contributed by atoms with van der Waals surface area (Å²) in [6.45, 7) is 1.37. The molecule has 0 saturated carbocycles. The second kappa shape index (κ2) is 5.95. The van der Waals surface area contributed by atoms with Gasteiger partial charge in [-0.15, -0.1) is 0 Å². The predicted molar refractivity (Wildman–Crippen MR) is 80.9 cm³/mol. The van der Waals surface area contributed by atoms with Crippen LogP contribution in [-0.4, -0.2) is 27.1 Å². The lowest BCUT2D eigenvalue weighted by Gasteiger charge is -2.23. The Morgan fingerprint density at radius 3 is 2.60 bits per heavy atom. The van der Waals surface area contributed by atoms with Crippen molar-refractivity contribution in [2.24, 2.45) is 0 Å². The molecule has 0 aromatic heterocycles. The number of hydrogen-bond acceptors (Lipinski definition) is 5. The third-order valence-electron chi connectivity index (χ3n) is 2.72. The first-order valence-corrected chi connectivity index (χ1v) is 7.24. The van der Waals surface area contributed by atoms with Gasteiger partial charge in [-0.2, -0.15) is 0 Å². The van der Waals surface area contributed by atoms with E-state index in [9.17, 15) is 14.7 Å². The van der Waals surface area contributed by atoms with E-state index < -0.39 is 17.9 Å². The number of halogens is 1. The number of thiocarbonyl (C=S) groups is 1. The molecule has 1 aromatic carbocycles. The summed E-state index contributed by atoms with van der Waals surface area (Å²) in [6, 6.07) is 5.85. The third-order valence-corrected chi connectivity index (χ3v) is 4.30. The van der Waals surface area contributed by atoms with Crippen molar-refractivity contribution in [1.82, 2.24) is 4.90 Å². The lowest BCUT2D eigenvalue weighted by Crippen LogP contribution is -2.48. The number of benzene rings is 1. The van der Waals surface area contributed by atoms with E-state index in [1.807, 2.05) is 0 Å². The molecule has 1 heterocycles. The zero-order valence-electron chi connectivity index (χ0n) is 10.3. The molecule has 1 aliphatic rings. The molecule has 1 saturated heterocycles. The van der Waals surface area contributed by atoms with Crippen LogP contribution in [0, 0.1) is 0 Å². The summed E-state index contributed by atoms with van der Waals surface area (Å²) in [4.78, 5) is 24.5. The second-order valence-corrected chi connectivity index (χ2v) is 6.21. The first-order valence-electron chi connectivity index (χ1n) is 5.63. The van der Waals surface area contributed by atoms with Crippen molar-refractivity contribution in [3.8, 4) is 0 Å². The van der Waals surface area contributed by atoms with E-state index >= 15 is 0 Å². The maximum Gasteiger partial charge on any atom is 0.266 e. The average molecular weight is 327 g/mol. The van der Waals surface area contributed by atoms with Gasteiger partial charge in [-0.1, -0.05) is 47.7 Å². The van der Waals surface area contributed by atoms with Crippen LogP contribution in [0.25, 0.3) is 6.08 Å². The Bertz CT molecular complexity index is 613. The molecular formula is C13H9ClNO3S2-. The molecule has 1 aromatic rings. The summed E-state index contributed by atoms with van der Waals surface area (Å²) < 4.78 is 0.215. The molecule has 7 heteroatoms. The molecule has 0 radical (unpaired) electrons. The van der Waals surface area contributed by atoms with Crippen LogP contribution in [0.1, 0.15) is 12.5 Å². The van der Waals surface area contributed by atoms with Gasteiger partial charge in [0.1, 0.15) is 4.32 Å². The molecule has 1 aliphatic heterocycles. The zero-order chi connectivity index (χ0) is 14.9. The average Bonchev–Trinajstić information content (AvgIpc) is 2.66. The maximum absolute atomic E-state index is 12.2. The smallest absolute Gasteiger partial charge is 0.266 e. The summed E-state index contributed by atoms with van der Waals surface area (Å²) in [5, 5.41) is 11.5. The van der Waals surface area contributed by atoms with Gasteiger partial charge in [0.05, 0.1) is 16.9 Å². The van der Waals surface area contributed by atoms with E-state index in [0.717, 1.165) is 22.2 Å². The number of carbonyl (C=O) groups is 2. The Morgan fingerprint density at radius 1 is 1.45 bits per heavy atom. The van der Waals surface area contributed by atoms with E-state index in [0.29, 0.717) is 9.93 Å². The molecule has 4 nitrogen and oxygen atoms in total. The summed E-state index contributed by atoms with van der Waals surface area (Å²) in [5.74, 6) is -1.76. The van der Waals surface area contributed by atoms with Crippen LogP contribution in [0.3, 0.4) is 0 Å². The predicted octanol–water partition coefficient (Wildman–Crippen LogP) is 1.68. The Labute approximate surface area is 130 Å². The molecule has 1 amide bonds. The SMILES string of the molecule is C[C@@H](C(=O)[O-])N1C(=O)/C(=C\c2ccc(Cl)cc2)SC1=S. The summed E-state index contributed by atoms with van der Waals surface area (Å²) in [6.07, 6.45) is 1.65. The Balaban J connectivity index is 2.28. The summed E-state index contributed by atoms with van der Waals surface area (Å²) in [7, 11) is 0. The highest BCUT2D eigenvalue weighted by atomic mass is 35.5. The van der Waals surface area contributed by atoms with E-state index in [1.165, 1.54) is 6.92 Å². The van der Waals surface area contributed by atoms with Gasteiger partial charge in [0, 0.05) is 5.02 Å². The number of nitrogens with zero attached hydrogens (tertiary/aromatic N) is 1. The highest BCUT2D eigenvalue weighted by Crippen LogP contribution is 2.33. The number of amides is 1. The molecule has 0 spiro atoms. The topological polar surface area (TPSA) is 60.4 Å². The van der Waals surface area contributed by atoms with Gasteiger partial charge in [-0.25, -0.2) is 0 Å². The van der Waals surface area contributed by atoms with Gasteiger partial charge in [-0.3, -0.25) is 9.69 Å². The normalized spacial score (nSPS) is 18.7. The Morgan fingerprint density at radius 2 is 2.05 bits per heavy atom. The van der Waals surface area contributed by atoms with Crippen LogP contribution < -0.4 is 5.11 Å². The minimum Gasteiger partial charge on any atom is -0.548 e. The van der Waals surface area contributed by atoms with E-state index in [1.54, 1.807) is 30.3 Å². The Kier molecular flexibility index (Phi) is 4.47. The quantitative estimate of drug-likeness (QED) is 0.625. The van der Waals surface area contributed by atoms with Crippen molar-refractivity contribution in [2.45, 2.75) is 13.0 Å². The van der Waals surface area contributed by atoms with Crippen LogP contribution in [-0.2, 0) is 9.59 Å². The minimum absolute atomic E-state index is 0.215. The van der Waals surface area contributed by atoms with Gasteiger partial charge in [0.15, 0.2) is 0 Å². The van der Waals surface area contributed by atoms with E-state index in [2.05, 4.69) is 0 Å². The zero-order valence-corrected chi connectivity index (χ0v) is 12.7. The van der Waals surface area contributed by atoms with Crippen molar-refractivity contribution < 1.29 is 14.7 Å². The van der Waals surface area contributed by atoms with Gasteiger partial charge in [-0.05, 0) is 30.7 Å². The van der Waals surface area contributed by atoms with Gasteiger partial charge < -0.3 is 9.90 Å². The second-order valence-electron chi connectivity index (χ2n) is 4.10. The lowest BCUT2D eigenvalue weighted by atomic mass is 10.2. The molecule has 0 unspecified atom stereocenters. The van der Waals surface area contributed by atoms with Gasteiger partial charge in [0.2, 0.25) is 0 Å². The number of thioether (sulfide) groups is 1. The van der Waals surface area contributed by atoms with Crippen molar-refractivity contribution in [3.63, 3.8) is 0 Å². The summed E-state index contributed by atoms with van der Waals surface area (Å²) in [5.41, 5.74) is 0.788. The van der Waals surface area contributed by atoms with Crippen molar-refractivity contribution in [3.05, 3.63) is 39.8 Å². The standard InChI is InChI=1S/C13H10ClNO3S2/c1-7(12(17)18)15-11(16)10(20-13(15)19)6-8-2-4-9(14)5-3-8/h2-7H,1H3,(H,17,18)/p-1/b10-6+/t7-/m0/s1. The van der Waals surface area contributed by atoms with Gasteiger partial charge >= 0.3 is 0 Å². The molecule has 1 atom stereocenters. The van der Waals surface area contributed by atoms with Crippen LogP contribution in [0.15, 0.2) is 29.2 Å². The first-order chi connectivity index (χ1) is 9.40.